The number of para-hydroxylation sites is 2. The molecule has 0 atom stereocenters. The van der Waals surface area contributed by atoms with Gasteiger partial charge in [0, 0.05) is 44.0 Å². The minimum atomic E-state index is -0.0532. The van der Waals surface area contributed by atoms with Crippen molar-refractivity contribution in [3.05, 3.63) is 54.1 Å². The molecule has 0 saturated carbocycles. The molecule has 6 nitrogen and oxygen atoms in total. The number of nitrogens with one attached hydrogen (secondary N) is 1. The van der Waals surface area contributed by atoms with Crippen molar-refractivity contribution < 1.29 is 14.3 Å². The molecule has 0 unspecified atom stereocenters. The first-order valence-corrected chi connectivity index (χ1v) is 8.75. The van der Waals surface area contributed by atoms with Crippen LogP contribution in [0.5, 0.6) is 11.5 Å². The van der Waals surface area contributed by atoms with Crippen molar-refractivity contribution in [2.75, 3.05) is 45.3 Å². The SMILES string of the molecule is COc1cccc(CNC(=O)N2CCN(c3ccccc3)CC2)c1OC. The average Bonchev–Trinajstić information content (AvgIpc) is 2.72. The van der Waals surface area contributed by atoms with E-state index in [1.807, 2.05) is 41.3 Å². The lowest BCUT2D eigenvalue weighted by molar-refractivity contribution is 0.194. The third kappa shape index (κ3) is 4.02. The Morgan fingerprint density at radius 3 is 2.35 bits per heavy atom. The molecular weight excluding hydrogens is 330 g/mol. The summed E-state index contributed by atoms with van der Waals surface area (Å²) in [5, 5.41) is 2.98. The maximum atomic E-state index is 12.5. The summed E-state index contributed by atoms with van der Waals surface area (Å²) in [6.45, 7) is 3.48. The van der Waals surface area contributed by atoms with E-state index in [0.717, 1.165) is 18.7 Å². The molecule has 0 aliphatic carbocycles. The second-order valence-electron chi connectivity index (χ2n) is 6.12. The van der Waals surface area contributed by atoms with E-state index >= 15 is 0 Å². The van der Waals surface area contributed by atoms with Gasteiger partial charge in [0.15, 0.2) is 11.5 Å². The number of ether oxygens (including phenoxy) is 2. The van der Waals surface area contributed by atoms with Crippen molar-refractivity contribution >= 4 is 11.7 Å². The van der Waals surface area contributed by atoms with Crippen LogP contribution in [-0.4, -0.2) is 51.3 Å². The Kier molecular flexibility index (Phi) is 5.84. The van der Waals surface area contributed by atoms with Gasteiger partial charge in [-0.05, 0) is 18.2 Å². The molecule has 1 aliphatic rings. The number of urea groups is 1. The second kappa shape index (κ2) is 8.47. The number of hydrogen-bond acceptors (Lipinski definition) is 4. The van der Waals surface area contributed by atoms with Crippen LogP contribution in [0.4, 0.5) is 10.5 Å². The van der Waals surface area contributed by atoms with E-state index in [4.69, 9.17) is 9.47 Å². The molecule has 0 aromatic heterocycles. The Bertz CT molecular complexity index is 728. The van der Waals surface area contributed by atoms with Crippen molar-refractivity contribution in [1.82, 2.24) is 10.2 Å². The van der Waals surface area contributed by atoms with E-state index in [-0.39, 0.29) is 6.03 Å². The molecule has 3 rings (SSSR count). The molecular formula is C20H25N3O3. The van der Waals surface area contributed by atoms with Gasteiger partial charge in [0.2, 0.25) is 0 Å². The van der Waals surface area contributed by atoms with Crippen molar-refractivity contribution in [1.29, 1.82) is 0 Å². The van der Waals surface area contributed by atoms with E-state index in [0.29, 0.717) is 31.1 Å². The number of carbonyl (C=O) groups excluding carboxylic acids is 1. The fourth-order valence-electron chi connectivity index (χ4n) is 3.18. The summed E-state index contributed by atoms with van der Waals surface area (Å²) in [7, 11) is 3.21. The Labute approximate surface area is 154 Å². The first kappa shape index (κ1) is 17.9. The molecule has 26 heavy (non-hydrogen) atoms. The van der Waals surface area contributed by atoms with Crippen molar-refractivity contribution in [2.24, 2.45) is 0 Å². The number of piperazine rings is 1. The van der Waals surface area contributed by atoms with Crippen molar-refractivity contribution in [3.63, 3.8) is 0 Å². The van der Waals surface area contributed by atoms with E-state index in [2.05, 4.69) is 22.3 Å². The first-order chi connectivity index (χ1) is 12.7. The molecule has 2 amide bonds. The van der Waals surface area contributed by atoms with Crippen LogP contribution in [0.1, 0.15) is 5.56 Å². The molecule has 0 spiro atoms. The van der Waals surface area contributed by atoms with Gasteiger partial charge in [0.25, 0.3) is 0 Å². The van der Waals surface area contributed by atoms with E-state index in [1.165, 1.54) is 5.69 Å². The zero-order chi connectivity index (χ0) is 18.4. The zero-order valence-electron chi connectivity index (χ0n) is 15.3. The third-order valence-corrected chi connectivity index (χ3v) is 4.60. The molecule has 0 radical (unpaired) electrons. The fraction of sp³-hybridized carbons (Fsp3) is 0.350. The molecule has 1 heterocycles. The summed E-state index contributed by atoms with van der Waals surface area (Å²) in [6.07, 6.45) is 0. The highest BCUT2D eigenvalue weighted by molar-refractivity contribution is 5.74. The number of amides is 2. The summed E-state index contributed by atoms with van der Waals surface area (Å²) in [4.78, 5) is 16.6. The van der Waals surface area contributed by atoms with Crippen LogP contribution in [0.2, 0.25) is 0 Å². The fourth-order valence-corrected chi connectivity index (χ4v) is 3.18. The Morgan fingerprint density at radius 1 is 0.962 bits per heavy atom. The lowest BCUT2D eigenvalue weighted by Crippen LogP contribution is -2.51. The summed E-state index contributed by atoms with van der Waals surface area (Å²) < 4.78 is 10.7. The predicted octanol–water partition coefficient (Wildman–Crippen LogP) is 2.74. The van der Waals surface area contributed by atoms with Gasteiger partial charge in [-0.2, -0.15) is 0 Å². The summed E-state index contributed by atoms with van der Waals surface area (Å²) in [6, 6.07) is 15.9. The monoisotopic (exact) mass is 355 g/mol. The van der Waals surface area contributed by atoms with Crippen molar-refractivity contribution in [3.8, 4) is 11.5 Å². The van der Waals surface area contributed by atoms with Crippen LogP contribution < -0.4 is 19.7 Å². The Balaban J connectivity index is 1.54. The molecule has 2 aromatic rings. The van der Waals surface area contributed by atoms with Gasteiger partial charge in [0.1, 0.15) is 0 Å². The topological polar surface area (TPSA) is 54.0 Å². The van der Waals surface area contributed by atoms with Gasteiger partial charge < -0.3 is 24.6 Å². The summed E-state index contributed by atoms with van der Waals surface area (Å²) >= 11 is 0. The average molecular weight is 355 g/mol. The molecule has 1 aliphatic heterocycles. The highest BCUT2D eigenvalue weighted by Crippen LogP contribution is 2.30. The molecule has 1 N–H and O–H groups in total. The Morgan fingerprint density at radius 2 is 1.69 bits per heavy atom. The van der Waals surface area contributed by atoms with Gasteiger partial charge in [0.05, 0.1) is 14.2 Å². The number of methoxy groups -OCH3 is 2. The van der Waals surface area contributed by atoms with Gasteiger partial charge in [-0.3, -0.25) is 0 Å². The molecule has 1 saturated heterocycles. The second-order valence-corrected chi connectivity index (χ2v) is 6.12. The number of rotatable bonds is 5. The van der Waals surface area contributed by atoms with Gasteiger partial charge >= 0.3 is 6.03 Å². The van der Waals surface area contributed by atoms with Crippen LogP contribution >= 0.6 is 0 Å². The quantitative estimate of drug-likeness (QED) is 0.896. The molecule has 0 bridgehead atoms. The minimum Gasteiger partial charge on any atom is -0.493 e. The van der Waals surface area contributed by atoms with Gasteiger partial charge in [-0.1, -0.05) is 30.3 Å². The minimum absolute atomic E-state index is 0.0532. The van der Waals surface area contributed by atoms with E-state index in [1.54, 1.807) is 14.2 Å². The van der Waals surface area contributed by atoms with Crippen LogP contribution in [-0.2, 0) is 6.54 Å². The molecule has 2 aromatic carbocycles. The van der Waals surface area contributed by atoms with Gasteiger partial charge in [-0.15, -0.1) is 0 Å². The van der Waals surface area contributed by atoms with Crippen LogP contribution in [0, 0.1) is 0 Å². The number of hydrogen-bond donors (Lipinski definition) is 1. The maximum absolute atomic E-state index is 12.5. The van der Waals surface area contributed by atoms with Crippen LogP contribution in [0.25, 0.3) is 0 Å². The number of anilines is 1. The van der Waals surface area contributed by atoms with Crippen molar-refractivity contribution in [2.45, 2.75) is 6.54 Å². The smallest absolute Gasteiger partial charge is 0.317 e. The Hall–Kier alpha value is -2.89. The molecule has 1 fully saturated rings. The summed E-state index contributed by atoms with van der Waals surface area (Å²) in [5.41, 5.74) is 2.09. The zero-order valence-corrected chi connectivity index (χ0v) is 15.3. The van der Waals surface area contributed by atoms with E-state index < -0.39 is 0 Å². The van der Waals surface area contributed by atoms with Gasteiger partial charge in [-0.25, -0.2) is 4.79 Å². The summed E-state index contributed by atoms with van der Waals surface area (Å²) in [5.74, 6) is 1.32. The molecule has 6 heteroatoms. The highest BCUT2D eigenvalue weighted by Gasteiger charge is 2.21. The maximum Gasteiger partial charge on any atom is 0.317 e. The number of carbonyl (C=O) groups is 1. The normalized spacial score (nSPS) is 14.1. The lowest BCUT2D eigenvalue weighted by atomic mass is 10.2. The number of benzene rings is 2. The standard InChI is InChI=1S/C20H25N3O3/c1-25-18-10-6-7-16(19(18)26-2)15-21-20(24)23-13-11-22(12-14-23)17-8-4-3-5-9-17/h3-10H,11-15H2,1-2H3,(H,21,24). The molecule has 138 valence electrons. The predicted molar refractivity (Wildman–Crippen MR) is 102 cm³/mol. The highest BCUT2D eigenvalue weighted by atomic mass is 16.5. The number of nitrogens with zero attached hydrogens (tertiary/aromatic N) is 2. The third-order valence-electron chi connectivity index (χ3n) is 4.60. The first-order valence-electron chi connectivity index (χ1n) is 8.75. The van der Waals surface area contributed by atoms with E-state index in [9.17, 15) is 4.79 Å². The lowest BCUT2D eigenvalue weighted by Gasteiger charge is -2.36. The van der Waals surface area contributed by atoms with Crippen LogP contribution in [0.15, 0.2) is 48.5 Å². The largest absolute Gasteiger partial charge is 0.493 e. The van der Waals surface area contributed by atoms with Crippen LogP contribution in [0.3, 0.4) is 0 Å².